The van der Waals surface area contributed by atoms with Gasteiger partial charge in [0.1, 0.15) is 11.8 Å². The number of hydrogen-bond acceptors (Lipinski definition) is 7. The number of hydrogen-bond donors (Lipinski definition) is 1. The SMILES string of the molecule is COc1ccc2cc([C@@H](c3nnnn3C[C@@H]3CCCO3)N3CCCc4ccccc43)c(=O)[nH]c2c1. The molecule has 1 N–H and O–H groups in total. The Kier molecular flexibility index (Phi) is 5.69. The van der Waals surface area contributed by atoms with Crippen LogP contribution in [-0.2, 0) is 17.7 Å². The number of tetrazole rings is 1. The third kappa shape index (κ3) is 4.05. The topological polar surface area (TPSA) is 98.2 Å². The molecule has 0 amide bonds. The molecule has 0 spiro atoms. The van der Waals surface area contributed by atoms with Gasteiger partial charge in [-0.3, -0.25) is 4.79 Å². The summed E-state index contributed by atoms with van der Waals surface area (Å²) in [5.74, 6) is 1.35. The number of benzene rings is 2. The molecule has 9 nitrogen and oxygen atoms in total. The summed E-state index contributed by atoms with van der Waals surface area (Å²) in [5.41, 5.74) is 3.57. The van der Waals surface area contributed by atoms with Crippen LogP contribution in [0.2, 0.25) is 0 Å². The van der Waals surface area contributed by atoms with Gasteiger partial charge in [-0.2, -0.15) is 0 Å². The summed E-state index contributed by atoms with van der Waals surface area (Å²) in [6, 6.07) is 15.6. The normalized spacial score (nSPS) is 18.5. The number of rotatable bonds is 6. The first-order chi connectivity index (χ1) is 17.2. The van der Waals surface area contributed by atoms with Gasteiger partial charge in [-0.15, -0.1) is 5.10 Å². The second kappa shape index (κ2) is 9.14. The highest BCUT2D eigenvalue weighted by atomic mass is 16.5. The second-order valence-electron chi connectivity index (χ2n) is 9.19. The lowest BCUT2D eigenvalue weighted by molar-refractivity contribution is 0.0924. The molecule has 2 aliphatic rings. The number of para-hydroxylation sites is 1. The van der Waals surface area contributed by atoms with Crippen LogP contribution in [-0.4, -0.2) is 51.6 Å². The molecule has 4 heterocycles. The zero-order chi connectivity index (χ0) is 23.8. The number of aromatic amines is 1. The minimum atomic E-state index is -0.442. The van der Waals surface area contributed by atoms with Crippen LogP contribution in [0, 0.1) is 0 Å². The van der Waals surface area contributed by atoms with Crippen LogP contribution in [0.5, 0.6) is 5.75 Å². The molecule has 1 saturated heterocycles. The van der Waals surface area contributed by atoms with Crippen molar-refractivity contribution in [2.45, 2.75) is 44.4 Å². The number of H-pyrrole nitrogens is 1. The maximum Gasteiger partial charge on any atom is 0.254 e. The molecule has 0 unspecified atom stereocenters. The van der Waals surface area contributed by atoms with Crippen molar-refractivity contribution >= 4 is 16.6 Å². The van der Waals surface area contributed by atoms with Crippen LogP contribution in [0.25, 0.3) is 10.9 Å². The molecular weight excluding hydrogens is 444 g/mol. The summed E-state index contributed by atoms with van der Waals surface area (Å²) in [6.45, 7) is 2.13. The highest BCUT2D eigenvalue weighted by Crippen LogP contribution is 2.37. The van der Waals surface area contributed by atoms with Crippen molar-refractivity contribution in [2.75, 3.05) is 25.2 Å². The highest BCUT2D eigenvalue weighted by Gasteiger charge is 2.34. The molecular formula is C26H28N6O3. The number of anilines is 1. The Bertz CT molecular complexity index is 1410. The van der Waals surface area contributed by atoms with Crippen LogP contribution in [0.3, 0.4) is 0 Å². The molecule has 2 aromatic carbocycles. The standard InChI is InChI=1S/C26H28N6O3/c1-34-19-11-10-18-14-21(26(33)27-22(18)15-19)24(31-12-4-7-17-6-2-3-9-23(17)31)25-28-29-30-32(25)16-20-8-5-13-35-20/h2-3,6,9-11,14-15,20,24H,4-5,7-8,12-13,16H2,1H3,(H,27,33)/t20-,24-/m0/s1. The van der Waals surface area contributed by atoms with Crippen LogP contribution < -0.4 is 15.2 Å². The molecule has 180 valence electrons. The van der Waals surface area contributed by atoms with Crippen molar-refractivity contribution in [3.63, 3.8) is 0 Å². The van der Waals surface area contributed by atoms with Crippen molar-refractivity contribution < 1.29 is 9.47 Å². The highest BCUT2D eigenvalue weighted by molar-refractivity contribution is 5.81. The molecule has 0 bridgehead atoms. The molecule has 35 heavy (non-hydrogen) atoms. The Hall–Kier alpha value is -3.72. The summed E-state index contributed by atoms with van der Waals surface area (Å²) in [6.07, 6.45) is 4.10. The van der Waals surface area contributed by atoms with E-state index >= 15 is 0 Å². The molecule has 0 aliphatic carbocycles. The maximum absolute atomic E-state index is 13.6. The Morgan fingerprint density at radius 1 is 1.20 bits per heavy atom. The first-order valence-electron chi connectivity index (χ1n) is 12.1. The zero-order valence-electron chi connectivity index (χ0n) is 19.7. The smallest absolute Gasteiger partial charge is 0.254 e. The van der Waals surface area contributed by atoms with Crippen LogP contribution >= 0.6 is 0 Å². The van der Waals surface area contributed by atoms with Gasteiger partial charge in [-0.25, -0.2) is 4.68 Å². The molecule has 2 aliphatic heterocycles. The predicted molar refractivity (Wildman–Crippen MR) is 132 cm³/mol. The average molecular weight is 473 g/mol. The van der Waals surface area contributed by atoms with E-state index in [-0.39, 0.29) is 11.7 Å². The fourth-order valence-corrected chi connectivity index (χ4v) is 5.32. The fraction of sp³-hybridized carbons (Fsp3) is 0.385. The summed E-state index contributed by atoms with van der Waals surface area (Å²) >= 11 is 0. The molecule has 1 fully saturated rings. The van der Waals surface area contributed by atoms with Gasteiger partial charge in [-0.1, -0.05) is 18.2 Å². The largest absolute Gasteiger partial charge is 0.497 e. The van der Waals surface area contributed by atoms with E-state index in [1.165, 1.54) is 5.56 Å². The molecule has 6 rings (SSSR count). The van der Waals surface area contributed by atoms with E-state index in [0.717, 1.165) is 55.4 Å². The molecule has 2 aromatic heterocycles. The van der Waals surface area contributed by atoms with E-state index in [0.29, 0.717) is 23.7 Å². The van der Waals surface area contributed by atoms with Gasteiger partial charge >= 0.3 is 0 Å². The number of fused-ring (bicyclic) bond motifs is 2. The third-order valence-electron chi connectivity index (χ3n) is 7.04. The number of nitrogens with zero attached hydrogens (tertiary/aromatic N) is 5. The van der Waals surface area contributed by atoms with E-state index in [4.69, 9.17) is 9.47 Å². The van der Waals surface area contributed by atoms with E-state index < -0.39 is 6.04 Å². The Morgan fingerprint density at radius 3 is 2.97 bits per heavy atom. The van der Waals surface area contributed by atoms with Gasteiger partial charge in [0.2, 0.25) is 0 Å². The maximum atomic E-state index is 13.6. The zero-order valence-corrected chi connectivity index (χ0v) is 19.7. The fourth-order valence-electron chi connectivity index (χ4n) is 5.32. The summed E-state index contributed by atoms with van der Waals surface area (Å²) < 4.78 is 13.0. The van der Waals surface area contributed by atoms with E-state index in [1.54, 1.807) is 7.11 Å². The molecule has 0 saturated carbocycles. The van der Waals surface area contributed by atoms with Crippen molar-refractivity contribution in [3.05, 3.63) is 75.8 Å². The monoisotopic (exact) mass is 472 g/mol. The van der Waals surface area contributed by atoms with Crippen molar-refractivity contribution in [1.29, 1.82) is 0 Å². The summed E-state index contributed by atoms with van der Waals surface area (Å²) in [4.78, 5) is 18.9. The van der Waals surface area contributed by atoms with Crippen molar-refractivity contribution in [3.8, 4) is 5.75 Å². The number of pyridine rings is 1. The molecule has 4 aromatic rings. The predicted octanol–water partition coefficient (Wildman–Crippen LogP) is 3.24. The Balaban J connectivity index is 1.51. The first kappa shape index (κ1) is 21.8. The number of methoxy groups -OCH3 is 1. The lowest BCUT2D eigenvalue weighted by atomic mass is 9.96. The van der Waals surface area contributed by atoms with E-state index in [2.05, 4.69) is 43.6 Å². The number of aryl methyl sites for hydroxylation is 1. The first-order valence-corrected chi connectivity index (χ1v) is 12.1. The lowest BCUT2D eigenvalue weighted by Gasteiger charge is -2.37. The number of ether oxygens (including phenoxy) is 2. The summed E-state index contributed by atoms with van der Waals surface area (Å²) in [7, 11) is 1.62. The minimum Gasteiger partial charge on any atom is -0.497 e. The van der Waals surface area contributed by atoms with Gasteiger partial charge in [0.05, 0.1) is 25.3 Å². The molecule has 0 radical (unpaired) electrons. The summed E-state index contributed by atoms with van der Waals surface area (Å²) in [5, 5.41) is 13.7. The van der Waals surface area contributed by atoms with E-state index in [9.17, 15) is 4.79 Å². The molecule has 9 heteroatoms. The van der Waals surface area contributed by atoms with Gasteiger partial charge < -0.3 is 19.4 Å². The van der Waals surface area contributed by atoms with Crippen LogP contribution in [0.1, 0.15) is 42.3 Å². The Morgan fingerprint density at radius 2 is 2.11 bits per heavy atom. The third-order valence-corrected chi connectivity index (χ3v) is 7.04. The van der Waals surface area contributed by atoms with Gasteiger partial charge in [0.15, 0.2) is 5.82 Å². The van der Waals surface area contributed by atoms with Gasteiger partial charge in [0, 0.05) is 30.5 Å². The van der Waals surface area contributed by atoms with Crippen LogP contribution in [0.4, 0.5) is 5.69 Å². The minimum absolute atomic E-state index is 0.0777. The number of aromatic nitrogens is 5. The second-order valence-corrected chi connectivity index (χ2v) is 9.19. The lowest BCUT2D eigenvalue weighted by Crippen LogP contribution is -2.39. The van der Waals surface area contributed by atoms with Crippen molar-refractivity contribution in [2.24, 2.45) is 0 Å². The van der Waals surface area contributed by atoms with Crippen molar-refractivity contribution in [1.82, 2.24) is 25.2 Å². The van der Waals surface area contributed by atoms with E-state index in [1.807, 2.05) is 35.0 Å². The quantitative estimate of drug-likeness (QED) is 0.460. The average Bonchev–Trinajstić information content (AvgIpc) is 3.57. The van der Waals surface area contributed by atoms with Gasteiger partial charge in [0.25, 0.3) is 5.56 Å². The number of nitrogens with one attached hydrogen (secondary N) is 1. The van der Waals surface area contributed by atoms with Crippen LogP contribution in [0.15, 0.2) is 53.3 Å². The molecule has 2 atom stereocenters. The van der Waals surface area contributed by atoms with Gasteiger partial charge in [-0.05, 0) is 71.3 Å². The Labute approximate surface area is 202 Å².